The van der Waals surface area contributed by atoms with Crippen molar-refractivity contribution in [3.8, 4) is 0 Å². The summed E-state index contributed by atoms with van der Waals surface area (Å²) in [6.45, 7) is 3.94. The van der Waals surface area contributed by atoms with E-state index in [0.29, 0.717) is 12.8 Å². The monoisotopic (exact) mass is 801 g/mol. The molecule has 0 fully saturated rings. The van der Waals surface area contributed by atoms with Gasteiger partial charge in [0.05, 0.1) is 6.61 Å². The van der Waals surface area contributed by atoms with Crippen molar-refractivity contribution in [2.75, 3.05) is 13.2 Å². The average molecular weight is 801 g/mol. The van der Waals surface area contributed by atoms with Gasteiger partial charge < -0.3 is 14.6 Å². The Balaban J connectivity index is 3.65. The van der Waals surface area contributed by atoms with Gasteiger partial charge in [-0.2, -0.15) is 0 Å². The summed E-state index contributed by atoms with van der Waals surface area (Å²) in [6.07, 6.45) is 70.2. The Morgan fingerprint density at radius 2 is 0.741 bits per heavy atom. The smallest absolute Gasteiger partial charge is 0.306 e. The summed E-state index contributed by atoms with van der Waals surface area (Å²) in [5, 5.41) is 9.52. The van der Waals surface area contributed by atoms with Gasteiger partial charge in [0.25, 0.3) is 0 Å². The van der Waals surface area contributed by atoms with Gasteiger partial charge in [-0.15, -0.1) is 0 Å². The predicted molar refractivity (Wildman–Crippen MR) is 251 cm³/mol. The molecule has 5 nitrogen and oxygen atoms in total. The normalized spacial score (nSPS) is 13.4. The summed E-state index contributed by atoms with van der Waals surface area (Å²) < 4.78 is 10.5. The maximum atomic E-state index is 12.2. The summed E-state index contributed by atoms with van der Waals surface area (Å²) >= 11 is 0. The van der Waals surface area contributed by atoms with Crippen molar-refractivity contribution in [2.24, 2.45) is 0 Å². The van der Waals surface area contributed by atoms with Gasteiger partial charge >= 0.3 is 11.9 Å². The number of allylic oxidation sites excluding steroid dienone is 20. The van der Waals surface area contributed by atoms with Crippen LogP contribution in [0.15, 0.2) is 122 Å². The molecule has 0 aliphatic carbocycles. The summed E-state index contributed by atoms with van der Waals surface area (Å²) in [4.78, 5) is 24.1. The molecule has 1 unspecified atom stereocenters. The molecule has 1 N–H and O–H groups in total. The maximum absolute atomic E-state index is 12.2. The molecule has 0 aliphatic heterocycles. The Morgan fingerprint density at radius 3 is 1.12 bits per heavy atom. The van der Waals surface area contributed by atoms with Crippen molar-refractivity contribution in [3.05, 3.63) is 122 Å². The van der Waals surface area contributed by atoms with Crippen LogP contribution >= 0.6 is 0 Å². The van der Waals surface area contributed by atoms with E-state index in [4.69, 9.17) is 9.47 Å². The van der Waals surface area contributed by atoms with E-state index in [-0.39, 0.29) is 25.2 Å². The minimum absolute atomic E-state index is 0.0780. The second kappa shape index (κ2) is 47.7. The van der Waals surface area contributed by atoms with E-state index in [2.05, 4.69) is 135 Å². The zero-order valence-electron chi connectivity index (χ0n) is 37.0. The first kappa shape index (κ1) is 54.3. The summed E-state index contributed by atoms with van der Waals surface area (Å²) in [6, 6.07) is 0. The lowest BCUT2D eigenvalue weighted by Crippen LogP contribution is -2.28. The van der Waals surface area contributed by atoms with Crippen molar-refractivity contribution in [1.29, 1.82) is 0 Å². The fourth-order valence-electron chi connectivity index (χ4n) is 5.82. The van der Waals surface area contributed by atoms with Crippen LogP contribution < -0.4 is 0 Å². The summed E-state index contributed by atoms with van der Waals surface area (Å²) in [7, 11) is 0. The molecule has 1 atom stereocenters. The Labute approximate surface area is 356 Å². The molecule has 0 aliphatic rings. The highest BCUT2D eigenvalue weighted by Crippen LogP contribution is 2.12. The molecule has 0 saturated carbocycles. The van der Waals surface area contributed by atoms with Crippen LogP contribution in [0.1, 0.15) is 181 Å². The fraction of sp³-hybridized carbons (Fsp3) is 0.585. The lowest BCUT2D eigenvalue weighted by Gasteiger charge is -2.15. The second-order valence-electron chi connectivity index (χ2n) is 14.8. The summed E-state index contributed by atoms with van der Waals surface area (Å²) in [5.74, 6) is -0.625. The van der Waals surface area contributed by atoms with Crippen molar-refractivity contribution >= 4 is 11.9 Å². The fourth-order valence-corrected chi connectivity index (χ4v) is 5.82. The zero-order chi connectivity index (χ0) is 42.1. The van der Waals surface area contributed by atoms with Gasteiger partial charge in [0.2, 0.25) is 0 Å². The van der Waals surface area contributed by atoms with E-state index in [1.54, 1.807) is 0 Å². The number of aliphatic hydroxyl groups is 1. The maximum Gasteiger partial charge on any atom is 0.306 e. The number of ether oxygens (including phenoxy) is 2. The molecule has 0 aromatic rings. The number of carbonyl (C=O) groups excluding carboxylic acids is 2. The van der Waals surface area contributed by atoms with Crippen molar-refractivity contribution in [1.82, 2.24) is 0 Å². The molecule has 5 heteroatoms. The molecular formula is C53H84O5. The van der Waals surface area contributed by atoms with E-state index in [9.17, 15) is 14.7 Å². The highest BCUT2D eigenvalue weighted by Gasteiger charge is 2.16. The van der Waals surface area contributed by atoms with Crippen LogP contribution in [0.2, 0.25) is 0 Å². The molecule has 0 radical (unpaired) electrons. The SMILES string of the molecule is CC/C=C\C/C=C\C/C=C\C/C=C\C/C=C\C/C=C\C/C=C\C/C=C\C/C=C\C/C=C\CCCCCCCCC(=O)OC(CO)COC(=O)CCCCCCCCC. The highest BCUT2D eigenvalue weighted by atomic mass is 16.6. The van der Waals surface area contributed by atoms with Crippen LogP contribution in [0.3, 0.4) is 0 Å². The van der Waals surface area contributed by atoms with Crippen LogP contribution in [0.4, 0.5) is 0 Å². The van der Waals surface area contributed by atoms with E-state index in [1.165, 1.54) is 44.9 Å². The molecule has 0 amide bonds. The molecule has 0 rings (SSSR count). The summed E-state index contributed by atoms with van der Waals surface area (Å²) in [5.41, 5.74) is 0. The number of aliphatic hydroxyl groups excluding tert-OH is 1. The topological polar surface area (TPSA) is 72.8 Å². The number of hydrogen-bond acceptors (Lipinski definition) is 5. The molecule has 326 valence electrons. The van der Waals surface area contributed by atoms with Crippen LogP contribution in [-0.2, 0) is 19.1 Å². The van der Waals surface area contributed by atoms with Crippen LogP contribution in [0, 0.1) is 0 Å². The lowest BCUT2D eigenvalue weighted by atomic mass is 10.1. The number of unbranched alkanes of at least 4 members (excludes halogenated alkanes) is 12. The van der Waals surface area contributed by atoms with Gasteiger partial charge in [-0.3, -0.25) is 9.59 Å². The lowest BCUT2D eigenvalue weighted by molar-refractivity contribution is -0.161. The molecule has 0 heterocycles. The first-order chi connectivity index (χ1) is 28.6. The first-order valence-electron chi connectivity index (χ1n) is 23.1. The van der Waals surface area contributed by atoms with Gasteiger partial charge in [-0.05, 0) is 89.9 Å². The predicted octanol–water partition coefficient (Wildman–Crippen LogP) is 15.2. The van der Waals surface area contributed by atoms with Gasteiger partial charge in [0.15, 0.2) is 6.10 Å². The minimum atomic E-state index is -0.783. The zero-order valence-corrected chi connectivity index (χ0v) is 37.0. The molecular weight excluding hydrogens is 717 g/mol. The van der Waals surface area contributed by atoms with Gasteiger partial charge in [0.1, 0.15) is 6.61 Å². The van der Waals surface area contributed by atoms with E-state index in [1.807, 2.05) is 0 Å². The van der Waals surface area contributed by atoms with Gasteiger partial charge in [-0.25, -0.2) is 0 Å². The molecule has 0 spiro atoms. The Hall–Kier alpha value is -3.70. The average Bonchev–Trinajstić information content (AvgIpc) is 3.23. The molecule has 0 aromatic carbocycles. The van der Waals surface area contributed by atoms with Gasteiger partial charge in [-0.1, -0.05) is 200 Å². The van der Waals surface area contributed by atoms with Crippen molar-refractivity contribution in [3.63, 3.8) is 0 Å². The van der Waals surface area contributed by atoms with E-state index >= 15 is 0 Å². The Kier molecular flexibility index (Phi) is 44.6. The number of rotatable bonds is 40. The number of esters is 2. The van der Waals surface area contributed by atoms with Crippen LogP contribution in [0.5, 0.6) is 0 Å². The Morgan fingerprint density at radius 1 is 0.414 bits per heavy atom. The van der Waals surface area contributed by atoms with Crippen molar-refractivity contribution < 1.29 is 24.2 Å². The third-order valence-corrected chi connectivity index (χ3v) is 9.27. The van der Waals surface area contributed by atoms with E-state index < -0.39 is 6.10 Å². The molecule has 0 aromatic heterocycles. The van der Waals surface area contributed by atoms with Crippen LogP contribution in [-0.4, -0.2) is 36.4 Å². The van der Waals surface area contributed by atoms with E-state index in [0.717, 1.165) is 109 Å². The molecule has 0 saturated heterocycles. The standard InChI is InChI=1S/C53H84O5/c1-3-5-7-9-11-12-13-14-15-16-17-18-19-20-21-22-23-24-25-26-27-28-29-30-31-32-33-34-35-36-37-38-39-40-42-44-46-48-53(56)58-51(49-54)50-57-52(55)47-45-43-41-10-8-6-4-2/h5,7,11-12,14-15,17-18,20-21,23-24,26-27,29-30,32-33,35-36,51,54H,3-4,6,8-10,13,16,19,22,25,28,31,34,37-50H2,1-2H3/b7-5-,12-11-,15-14-,18-17-,21-20-,24-23-,27-26-,30-29-,33-32-,36-35-. The highest BCUT2D eigenvalue weighted by molar-refractivity contribution is 5.70. The third-order valence-electron chi connectivity index (χ3n) is 9.27. The quantitative estimate of drug-likeness (QED) is 0.0380. The largest absolute Gasteiger partial charge is 0.462 e. The van der Waals surface area contributed by atoms with Crippen LogP contribution in [0.25, 0.3) is 0 Å². The minimum Gasteiger partial charge on any atom is -0.462 e. The second-order valence-corrected chi connectivity index (χ2v) is 14.8. The third kappa shape index (κ3) is 45.0. The molecule has 0 bridgehead atoms. The first-order valence-corrected chi connectivity index (χ1v) is 23.1. The Bertz CT molecular complexity index is 1220. The van der Waals surface area contributed by atoms with Crippen molar-refractivity contribution in [2.45, 2.75) is 187 Å². The number of hydrogen-bond donors (Lipinski definition) is 1. The number of carbonyl (C=O) groups is 2. The molecule has 58 heavy (non-hydrogen) atoms. The van der Waals surface area contributed by atoms with Gasteiger partial charge in [0, 0.05) is 12.8 Å².